The van der Waals surface area contributed by atoms with Gasteiger partial charge in [0.05, 0.1) is 0 Å². The summed E-state index contributed by atoms with van der Waals surface area (Å²) in [5.74, 6) is 0. The molecule has 0 spiro atoms. The van der Waals surface area contributed by atoms with Crippen LogP contribution in [0.2, 0.25) is 0 Å². The Morgan fingerprint density at radius 3 is 1.71 bits per heavy atom. The molecule has 28 heavy (non-hydrogen) atoms. The lowest BCUT2D eigenvalue weighted by molar-refractivity contribution is -0.148. The molecule has 0 atom stereocenters. The first-order chi connectivity index (χ1) is 13.8. The molecule has 2 heteroatoms. The lowest BCUT2D eigenvalue weighted by Gasteiger charge is -2.19. The number of hydrogen-bond donors (Lipinski definition) is 0. The molecule has 0 aromatic heterocycles. The van der Waals surface area contributed by atoms with Crippen molar-refractivity contribution in [2.45, 2.75) is 129 Å². The van der Waals surface area contributed by atoms with Gasteiger partial charge in [0.25, 0.3) is 0 Å². The minimum Gasteiger partial charge on any atom is -0.353 e. The summed E-state index contributed by atoms with van der Waals surface area (Å²) in [6, 6.07) is 0. The highest BCUT2D eigenvalue weighted by atomic mass is 16.7. The van der Waals surface area contributed by atoms with Crippen LogP contribution < -0.4 is 0 Å². The molecular formula is C26H50O2. The summed E-state index contributed by atoms with van der Waals surface area (Å²) in [6.07, 6.45) is 27.7. The first-order valence-electron chi connectivity index (χ1n) is 12.4. The van der Waals surface area contributed by atoms with Crippen molar-refractivity contribution in [2.75, 3.05) is 13.2 Å². The van der Waals surface area contributed by atoms with Crippen molar-refractivity contribution < 1.29 is 9.47 Å². The maximum Gasteiger partial charge on any atom is 0.157 e. The van der Waals surface area contributed by atoms with Crippen molar-refractivity contribution in [3.63, 3.8) is 0 Å². The van der Waals surface area contributed by atoms with Crippen LogP contribution in [0.3, 0.4) is 0 Å². The molecule has 0 aromatic rings. The van der Waals surface area contributed by atoms with Gasteiger partial charge in [-0.1, -0.05) is 109 Å². The van der Waals surface area contributed by atoms with Gasteiger partial charge in [-0.2, -0.15) is 0 Å². The normalized spacial score (nSPS) is 11.7. The Morgan fingerprint density at radius 1 is 0.643 bits per heavy atom. The van der Waals surface area contributed by atoms with Gasteiger partial charge in [-0.25, -0.2) is 0 Å². The summed E-state index contributed by atoms with van der Waals surface area (Å²) in [7, 11) is 0. The fourth-order valence-corrected chi connectivity index (χ4v) is 3.35. The van der Waals surface area contributed by atoms with Crippen LogP contribution in [0.5, 0.6) is 0 Å². The van der Waals surface area contributed by atoms with Gasteiger partial charge in [-0.15, -0.1) is 0 Å². The minimum atomic E-state index is 0.0212. The van der Waals surface area contributed by atoms with Crippen molar-refractivity contribution in [1.29, 1.82) is 0 Å². The molecule has 0 amide bonds. The van der Waals surface area contributed by atoms with Crippen molar-refractivity contribution in [1.82, 2.24) is 0 Å². The smallest absolute Gasteiger partial charge is 0.157 e. The molecule has 0 saturated heterocycles. The van der Waals surface area contributed by atoms with E-state index in [2.05, 4.69) is 26.5 Å². The van der Waals surface area contributed by atoms with Gasteiger partial charge in [0, 0.05) is 13.2 Å². The van der Waals surface area contributed by atoms with Gasteiger partial charge < -0.3 is 9.47 Å². The Labute approximate surface area is 177 Å². The molecular weight excluding hydrogens is 344 g/mol. The fraction of sp³-hybridized carbons (Fsp3) is 0.846. The van der Waals surface area contributed by atoms with Crippen LogP contribution in [0.15, 0.2) is 24.8 Å². The highest BCUT2D eigenvalue weighted by molar-refractivity contribution is 4.96. The zero-order valence-corrected chi connectivity index (χ0v) is 19.3. The molecule has 0 N–H and O–H groups in total. The highest BCUT2D eigenvalue weighted by Crippen LogP contribution is 2.14. The number of ether oxygens (including phenoxy) is 2. The van der Waals surface area contributed by atoms with Gasteiger partial charge in [0.15, 0.2) is 6.29 Å². The van der Waals surface area contributed by atoms with Crippen molar-refractivity contribution in [3.8, 4) is 0 Å². The zero-order chi connectivity index (χ0) is 20.5. The van der Waals surface area contributed by atoms with Gasteiger partial charge in [0.2, 0.25) is 0 Å². The molecule has 0 fully saturated rings. The predicted molar refractivity (Wildman–Crippen MR) is 125 cm³/mol. The van der Waals surface area contributed by atoms with E-state index in [1.165, 1.54) is 103 Å². The Balaban J connectivity index is 3.81. The maximum atomic E-state index is 6.08. The topological polar surface area (TPSA) is 18.5 Å². The number of unbranched alkanes of at least 4 members (excludes halogenated alkanes) is 13. The molecule has 0 rings (SSSR count). The van der Waals surface area contributed by atoms with Crippen LogP contribution in [0.4, 0.5) is 0 Å². The lowest BCUT2D eigenvalue weighted by atomic mass is 10.1. The maximum absolute atomic E-state index is 6.08. The third kappa shape index (κ3) is 21.7. The Kier molecular flexibility index (Phi) is 23.9. The van der Waals surface area contributed by atoms with Gasteiger partial charge in [0.1, 0.15) is 0 Å². The van der Waals surface area contributed by atoms with E-state index in [1.54, 1.807) is 0 Å². The molecule has 166 valence electrons. The zero-order valence-electron chi connectivity index (χ0n) is 19.3. The van der Waals surface area contributed by atoms with Gasteiger partial charge in [-0.3, -0.25) is 0 Å². The van der Waals surface area contributed by atoms with Crippen LogP contribution in [0.25, 0.3) is 0 Å². The van der Waals surface area contributed by atoms with Gasteiger partial charge >= 0.3 is 0 Å². The van der Waals surface area contributed by atoms with Crippen LogP contribution in [0, 0.1) is 0 Å². The molecule has 2 nitrogen and oxygen atoms in total. The number of hydrogen-bond acceptors (Lipinski definition) is 2. The summed E-state index contributed by atoms with van der Waals surface area (Å²) in [5.41, 5.74) is 0. The second kappa shape index (κ2) is 24.4. The molecule has 0 bridgehead atoms. The van der Waals surface area contributed by atoms with Crippen molar-refractivity contribution in [3.05, 3.63) is 24.8 Å². The quantitative estimate of drug-likeness (QED) is 0.0979. The Hall–Kier alpha value is -0.600. The first-order valence-corrected chi connectivity index (χ1v) is 12.4. The van der Waals surface area contributed by atoms with E-state index in [1.807, 2.05) is 12.2 Å². The average molecular weight is 395 g/mol. The number of rotatable bonds is 23. The molecule has 0 aliphatic heterocycles. The molecule has 0 aliphatic rings. The predicted octanol–water partition coefficient (Wildman–Crippen LogP) is 8.76. The summed E-state index contributed by atoms with van der Waals surface area (Å²) in [6.45, 7) is 9.95. The van der Waals surface area contributed by atoms with Crippen molar-refractivity contribution >= 4 is 0 Å². The summed E-state index contributed by atoms with van der Waals surface area (Å²) < 4.78 is 12.2. The van der Waals surface area contributed by atoms with E-state index in [0.29, 0.717) is 0 Å². The lowest BCUT2D eigenvalue weighted by Crippen LogP contribution is -2.19. The molecule has 0 radical (unpaired) electrons. The van der Waals surface area contributed by atoms with E-state index < -0.39 is 0 Å². The molecule has 0 aliphatic carbocycles. The van der Waals surface area contributed by atoms with Crippen LogP contribution in [0.1, 0.15) is 123 Å². The summed E-state index contributed by atoms with van der Waals surface area (Å²) in [4.78, 5) is 0. The Morgan fingerprint density at radius 2 is 1.14 bits per heavy atom. The van der Waals surface area contributed by atoms with E-state index >= 15 is 0 Å². The van der Waals surface area contributed by atoms with E-state index in [0.717, 1.165) is 19.6 Å². The monoisotopic (exact) mass is 394 g/mol. The second-order valence-corrected chi connectivity index (χ2v) is 8.01. The van der Waals surface area contributed by atoms with E-state index in [4.69, 9.17) is 9.47 Å². The summed E-state index contributed by atoms with van der Waals surface area (Å²) in [5, 5.41) is 0. The van der Waals surface area contributed by atoms with E-state index in [-0.39, 0.29) is 6.29 Å². The third-order valence-electron chi connectivity index (χ3n) is 5.19. The van der Waals surface area contributed by atoms with Crippen LogP contribution in [-0.4, -0.2) is 19.5 Å². The molecule has 0 heterocycles. The number of allylic oxidation sites excluding steroid dienone is 3. The van der Waals surface area contributed by atoms with Crippen molar-refractivity contribution in [2.24, 2.45) is 0 Å². The van der Waals surface area contributed by atoms with Gasteiger partial charge in [-0.05, 0) is 38.5 Å². The van der Waals surface area contributed by atoms with E-state index in [9.17, 15) is 0 Å². The van der Waals surface area contributed by atoms with Crippen LogP contribution in [-0.2, 0) is 9.47 Å². The molecule has 0 aromatic carbocycles. The minimum absolute atomic E-state index is 0.0212. The SMILES string of the molecule is C=C/C=C/CCCCCCCC(OCCCCCCC)OCCCCCCC. The first kappa shape index (κ1) is 27.4. The standard InChI is InChI=1S/C26H50O2/c1-4-7-10-13-14-15-16-17-20-23-26(27-24-21-18-11-8-5-2)28-25-22-19-12-9-6-3/h4,7,10,26H,1,5-6,8-9,11-25H2,2-3H3/b10-7+. The second-order valence-electron chi connectivity index (χ2n) is 8.01. The molecule has 0 unspecified atom stereocenters. The average Bonchev–Trinajstić information content (AvgIpc) is 2.71. The molecule has 0 saturated carbocycles. The highest BCUT2D eigenvalue weighted by Gasteiger charge is 2.09. The van der Waals surface area contributed by atoms with Crippen LogP contribution >= 0.6 is 0 Å². The third-order valence-corrected chi connectivity index (χ3v) is 5.19. The summed E-state index contributed by atoms with van der Waals surface area (Å²) >= 11 is 0. The Bertz CT molecular complexity index is 308. The fourth-order valence-electron chi connectivity index (χ4n) is 3.35. The largest absolute Gasteiger partial charge is 0.353 e.